The van der Waals surface area contributed by atoms with E-state index in [9.17, 15) is 35.6 Å². The molecule has 7 rings (SSSR count). The van der Waals surface area contributed by atoms with Gasteiger partial charge in [-0.3, -0.25) is 10.1 Å². The predicted molar refractivity (Wildman–Crippen MR) is 142 cm³/mol. The molecular formula is C30H23NO10. The van der Waals surface area contributed by atoms with Crippen LogP contribution >= 0.6 is 0 Å². The molecule has 208 valence electrons. The van der Waals surface area contributed by atoms with Gasteiger partial charge in [0, 0.05) is 52.8 Å². The molecule has 0 saturated carbocycles. The zero-order chi connectivity index (χ0) is 28.6. The Bertz CT molecular complexity index is 1770. The fourth-order valence-electron chi connectivity index (χ4n) is 6.03. The Morgan fingerprint density at radius 1 is 0.805 bits per heavy atom. The van der Waals surface area contributed by atoms with E-state index in [4.69, 9.17) is 14.2 Å². The van der Waals surface area contributed by atoms with Crippen molar-refractivity contribution in [3.05, 3.63) is 98.6 Å². The quantitative estimate of drug-likeness (QED) is 0.126. The number of aromatic hydroxyl groups is 5. The lowest BCUT2D eigenvalue weighted by molar-refractivity contribution is -0.385. The third-order valence-electron chi connectivity index (χ3n) is 8.01. The van der Waals surface area contributed by atoms with Gasteiger partial charge in [-0.05, 0) is 54.8 Å². The number of benzene rings is 4. The highest BCUT2D eigenvalue weighted by molar-refractivity contribution is 5.65. The molecule has 0 aliphatic carbocycles. The minimum Gasteiger partial charge on any atom is -0.507 e. The average Bonchev–Trinajstić information content (AvgIpc) is 2.95. The summed E-state index contributed by atoms with van der Waals surface area (Å²) in [4.78, 5) is 11.2. The summed E-state index contributed by atoms with van der Waals surface area (Å²) in [6.45, 7) is 0. The highest BCUT2D eigenvalue weighted by Crippen LogP contribution is 2.60. The van der Waals surface area contributed by atoms with E-state index >= 15 is 0 Å². The zero-order valence-electron chi connectivity index (χ0n) is 21.3. The number of rotatable bonds is 3. The minimum atomic E-state index is -1.50. The molecule has 11 nitrogen and oxygen atoms in total. The molecule has 0 unspecified atom stereocenters. The molecule has 0 spiro atoms. The van der Waals surface area contributed by atoms with Crippen molar-refractivity contribution in [1.29, 1.82) is 0 Å². The van der Waals surface area contributed by atoms with E-state index in [-0.39, 0.29) is 46.6 Å². The number of phenolic OH excluding ortho intramolecular Hbond substituents is 5. The summed E-state index contributed by atoms with van der Waals surface area (Å²) < 4.78 is 19.3. The summed E-state index contributed by atoms with van der Waals surface area (Å²) in [5, 5.41) is 62.7. The van der Waals surface area contributed by atoms with E-state index in [2.05, 4.69) is 0 Å². The van der Waals surface area contributed by atoms with Gasteiger partial charge in [-0.2, -0.15) is 0 Å². The largest absolute Gasteiger partial charge is 0.507 e. The summed E-state index contributed by atoms with van der Waals surface area (Å²) in [5.41, 5.74) is 2.55. The SMILES string of the molecule is O=[N+]([O-])c1ccc2c(c1)[C@H]1C[C@@](c3ccc(O)c(O)c3)(O2)Oc2cc(O)c3c(c21)O[C@@H](c1ccc(O)c(O)c1)CC3. The Labute approximate surface area is 232 Å². The highest BCUT2D eigenvalue weighted by Gasteiger charge is 2.52. The summed E-state index contributed by atoms with van der Waals surface area (Å²) in [6, 6.07) is 14.4. The van der Waals surface area contributed by atoms with Crippen molar-refractivity contribution in [3.8, 4) is 46.0 Å². The van der Waals surface area contributed by atoms with Gasteiger partial charge in [0.2, 0.25) is 0 Å². The third kappa shape index (κ3) is 3.73. The van der Waals surface area contributed by atoms with E-state index in [0.717, 1.165) is 0 Å². The van der Waals surface area contributed by atoms with Gasteiger partial charge < -0.3 is 39.7 Å². The first-order chi connectivity index (χ1) is 19.6. The van der Waals surface area contributed by atoms with Crippen LogP contribution in [0.4, 0.5) is 5.69 Å². The summed E-state index contributed by atoms with van der Waals surface area (Å²) in [6.07, 6.45) is 0.536. The van der Waals surface area contributed by atoms with Crippen LogP contribution in [0, 0.1) is 10.1 Å². The van der Waals surface area contributed by atoms with Crippen molar-refractivity contribution in [2.75, 3.05) is 0 Å². The molecule has 3 atom stereocenters. The van der Waals surface area contributed by atoms with Gasteiger partial charge in [0.15, 0.2) is 23.0 Å². The highest BCUT2D eigenvalue weighted by atomic mass is 16.7. The van der Waals surface area contributed by atoms with E-state index in [1.807, 2.05) is 0 Å². The molecule has 0 saturated heterocycles. The number of nitro benzene ring substituents is 1. The van der Waals surface area contributed by atoms with Crippen LogP contribution in [-0.2, 0) is 12.2 Å². The van der Waals surface area contributed by atoms with E-state index in [0.29, 0.717) is 52.2 Å². The van der Waals surface area contributed by atoms with Crippen molar-refractivity contribution in [1.82, 2.24) is 0 Å². The summed E-state index contributed by atoms with van der Waals surface area (Å²) in [5.74, 6) is -2.41. The van der Waals surface area contributed by atoms with Crippen LogP contribution in [0.1, 0.15) is 52.7 Å². The molecule has 0 aromatic heterocycles. The van der Waals surface area contributed by atoms with Gasteiger partial charge >= 0.3 is 0 Å². The number of ether oxygens (including phenoxy) is 3. The number of non-ortho nitro benzene ring substituents is 1. The molecule has 0 fully saturated rings. The van der Waals surface area contributed by atoms with Gasteiger partial charge in [0.05, 0.1) is 4.92 Å². The normalized spacial score (nSPS) is 21.8. The van der Waals surface area contributed by atoms with Gasteiger partial charge in [-0.25, -0.2) is 0 Å². The third-order valence-corrected chi connectivity index (χ3v) is 8.01. The van der Waals surface area contributed by atoms with Gasteiger partial charge in [-0.15, -0.1) is 0 Å². The molecule has 0 radical (unpaired) electrons. The predicted octanol–water partition coefficient (Wildman–Crippen LogP) is 5.35. The van der Waals surface area contributed by atoms with Crippen molar-refractivity contribution in [2.24, 2.45) is 0 Å². The van der Waals surface area contributed by atoms with Crippen molar-refractivity contribution < 1.29 is 44.7 Å². The van der Waals surface area contributed by atoms with Gasteiger partial charge in [0.25, 0.3) is 11.5 Å². The monoisotopic (exact) mass is 557 g/mol. The van der Waals surface area contributed by atoms with Crippen LogP contribution < -0.4 is 14.2 Å². The number of phenols is 5. The van der Waals surface area contributed by atoms with Crippen LogP contribution in [0.3, 0.4) is 0 Å². The topological polar surface area (TPSA) is 172 Å². The Hall–Kier alpha value is -5.32. The second-order valence-electron chi connectivity index (χ2n) is 10.4. The number of nitrogens with zero attached hydrogens (tertiary/aromatic N) is 1. The second-order valence-corrected chi connectivity index (χ2v) is 10.4. The maximum Gasteiger partial charge on any atom is 0.279 e. The molecule has 11 heteroatoms. The Morgan fingerprint density at radius 2 is 1.54 bits per heavy atom. The fraction of sp³-hybridized carbons (Fsp3) is 0.200. The molecular weight excluding hydrogens is 534 g/mol. The van der Waals surface area contributed by atoms with Crippen LogP contribution in [0.25, 0.3) is 0 Å². The summed E-state index contributed by atoms with van der Waals surface area (Å²) >= 11 is 0. The Balaban J connectivity index is 1.42. The van der Waals surface area contributed by atoms with Crippen molar-refractivity contribution >= 4 is 5.69 Å². The van der Waals surface area contributed by atoms with Crippen LogP contribution in [0.2, 0.25) is 0 Å². The number of hydrogen-bond donors (Lipinski definition) is 5. The Kier molecular flexibility index (Phi) is 5.17. The Morgan fingerprint density at radius 3 is 2.27 bits per heavy atom. The first-order valence-corrected chi connectivity index (χ1v) is 12.9. The molecule has 4 aromatic carbocycles. The van der Waals surface area contributed by atoms with E-state index in [1.165, 1.54) is 48.5 Å². The zero-order valence-corrected chi connectivity index (χ0v) is 21.3. The smallest absolute Gasteiger partial charge is 0.279 e. The maximum atomic E-state index is 11.7. The molecule has 4 aromatic rings. The molecule has 0 amide bonds. The van der Waals surface area contributed by atoms with Gasteiger partial charge in [0.1, 0.15) is 29.1 Å². The van der Waals surface area contributed by atoms with Crippen molar-refractivity contribution in [2.45, 2.75) is 37.1 Å². The summed E-state index contributed by atoms with van der Waals surface area (Å²) in [7, 11) is 0. The lowest BCUT2D eigenvalue weighted by atomic mass is 9.76. The lowest BCUT2D eigenvalue weighted by Gasteiger charge is -2.47. The van der Waals surface area contributed by atoms with Gasteiger partial charge in [-0.1, -0.05) is 6.07 Å². The molecule has 3 aliphatic rings. The first kappa shape index (κ1) is 24.7. The van der Waals surface area contributed by atoms with E-state index < -0.39 is 22.7 Å². The number of fused-ring (bicyclic) bond motifs is 8. The maximum absolute atomic E-state index is 11.7. The molecule has 2 bridgehead atoms. The molecule has 3 heterocycles. The fourth-order valence-corrected chi connectivity index (χ4v) is 6.03. The molecule has 3 aliphatic heterocycles. The first-order valence-electron chi connectivity index (χ1n) is 12.9. The van der Waals surface area contributed by atoms with Crippen LogP contribution in [0.5, 0.6) is 46.0 Å². The van der Waals surface area contributed by atoms with Crippen LogP contribution in [0.15, 0.2) is 60.7 Å². The number of nitro groups is 1. The minimum absolute atomic E-state index is 0.0614. The molecule has 41 heavy (non-hydrogen) atoms. The standard InChI is InChI=1S/C30H23NO10/c32-20-5-1-14(9-23(20)35)25-8-4-17-22(34)12-27-28(29(17)39-25)19-13-30(41-27,15-2-6-21(33)24(36)10-15)40-26-7-3-16(31(37)38)11-18(19)26/h1-3,5-7,9-12,19,25,32-36H,4,8,13H2/t19-,25-,30-/m1/s1. The number of hydrogen-bond acceptors (Lipinski definition) is 10. The second kappa shape index (κ2) is 8.59. The van der Waals surface area contributed by atoms with E-state index in [1.54, 1.807) is 12.1 Å². The molecule has 5 N–H and O–H groups in total. The average molecular weight is 558 g/mol. The van der Waals surface area contributed by atoms with Crippen molar-refractivity contribution in [3.63, 3.8) is 0 Å². The van der Waals surface area contributed by atoms with Crippen LogP contribution in [-0.4, -0.2) is 30.5 Å². The lowest BCUT2D eigenvalue weighted by Crippen LogP contribution is -2.47.